The summed E-state index contributed by atoms with van der Waals surface area (Å²) in [5.41, 5.74) is 2.42. The van der Waals surface area contributed by atoms with Crippen molar-refractivity contribution in [1.29, 1.82) is 5.26 Å². The standard InChI is InChI=1S/C23H21ClF2N8O2/c1-13-22(30-31-34(13)18-4-5-32(12-27)11-19(18)35)14-6-20(23-16(24)9-29-33(23)10-14)36-21(7-25)17-3-2-15(26)8-28-17/h2-3,6,8-10,18-19,21,35H,4-5,7,11H2,1H3/t18-,19-,21+/m0/s1. The van der Waals surface area contributed by atoms with Crippen LogP contribution in [0.3, 0.4) is 0 Å². The molecular weight excluding hydrogens is 494 g/mol. The van der Waals surface area contributed by atoms with Crippen molar-refractivity contribution in [3.63, 3.8) is 0 Å². The summed E-state index contributed by atoms with van der Waals surface area (Å²) < 4.78 is 36.4. The highest BCUT2D eigenvalue weighted by Crippen LogP contribution is 2.36. The van der Waals surface area contributed by atoms with Gasteiger partial charge in [0, 0.05) is 18.3 Å². The Hall–Kier alpha value is -3.82. The van der Waals surface area contributed by atoms with E-state index in [0.29, 0.717) is 40.5 Å². The Kier molecular flexibility index (Phi) is 6.42. The normalized spacial score (nSPS) is 18.8. The number of aliphatic hydroxyl groups excluding tert-OH is 1. The summed E-state index contributed by atoms with van der Waals surface area (Å²) in [5.74, 6) is -0.304. The maximum atomic E-state index is 14.0. The van der Waals surface area contributed by atoms with Crippen molar-refractivity contribution in [3.8, 4) is 23.2 Å². The van der Waals surface area contributed by atoms with Crippen LogP contribution in [0, 0.1) is 24.2 Å². The zero-order valence-corrected chi connectivity index (χ0v) is 19.8. The second-order valence-electron chi connectivity index (χ2n) is 8.48. The Labute approximate surface area is 209 Å². The summed E-state index contributed by atoms with van der Waals surface area (Å²) in [7, 11) is 0. The number of halogens is 3. The first-order valence-electron chi connectivity index (χ1n) is 11.2. The molecule has 1 aliphatic heterocycles. The van der Waals surface area contributed by atoms with E-state index in [2.05, 4.69) is 26.6 Å². The number of alkyl halides is 1. The van der Waals surface area contributed by atoms with E-state index in [1.807, 2.05) is 6.92 Å². The monoisotopic (exact) mass is 514 g/mol. The number of rotatable bonds is 6. The molecule has 186 valence electrons. The van der Waals surface area contributed by atoms with Gasteiger partial charge in [0.2, 0.25) is 0 Å². The number of aromatic nitrogens is 6. The third kappa shape index (κ3) is 4.31. The third-order valence-electron chi connectivity index (χ3n) is 6.22. The number of likely N-dealkylation sites (tertiary alicyclic amines) is 1. The molecule has 0 saturated carbocycles. The lowest BCUT2D eigenvalue weighted by molar-refractivity contribution is 0.0419. The molecule has 5 heterocycles. The van der Waals surface area contributed by atoms with Crippen LogP contribution < -0.4 is 4.74 Å². The molecule has 4 aromatic heterocycles. The van der Waals surface area contributed by atoms with Gasteiger partial charge in [-0.3, -0.25) is 4.98 Å². The van der Waals surface area contributed by atoms with Gasteiger partial charge in [0.15, 0.2) is 12.3 Å². The Morgan fingerprint density at radius 1 is 1.36 bits per heavy atom. The molecule has 1 aliphatic rings. The largest absolute Gasteiger partial charge is 0.479 e. The number of hydrogen-bond acceptors (Lipinski definition) is 8. The Bertz CT molecular complexity index is 1430. The molecule has 1 fully saturated rings. The maximum Gasteiger partial charge on any atom is 0.179 e. The van der Waals surface area contributed by atoms with Gasteiger partial charge >= 0.3 is 0 Å². The predicted molar refractivity (Wildman–Crippen MR) is 124 cm³/mol. The Morgan fingerprint density at radius 2 is 2.19 bits per heavy atom. The van der Waals surface area contributed by atoms with Crippen LogP contribution in [0.2, 0.25) is 5.02 Å². The average molecular weight is 515 g/mol. The summed E-state index contributed by atoms with van der Waals surface area (Å²) in [5, 5.41) is 32.8. The smallest absolute Gasteiger partial charge is 0.179 e. The number of aliphatic hydroxyl groups is 1. The molecule has 0 unspecified atom stereocenters. The predicted octanol–water partition coefficient (Wildman–Crippen LogP) is 3.27. The lowest BCUT2D eigenvalue weighted by Crippen LogP contribution is -2.43. The average Bonchev–Trinajstić information content (AvgIpc) is 3.45. The van der Waals surface area contributed by atoms with Crippen molar-refractivity contribution in [2.24, 2.45) is 0 Å². The van der Waals surface area contributed by atoms with Crippen molar-refractivity contribution in [3.05, 3.63) is 59.0 Å². The molecule has 5 rings (SSSR count). The molecule has 0 spiro atoms. The summed E-state index contributed by atoms with van der Waals surface area (Å²) in [6, 6.07) is 3.86. The van der Waals surface area contributed by atoms with Crippen LogP contribution in [-0.2, 0) is 0 Å². The molecule has 36 heavy (non-hydrogen) atoms. The van der Waals surface area contributed by atoms with Gasteiger partial charge in [-0.1, -0.05) is 16.8 Å². The lowest BCUT2D eigenvalue weighted by atomic mass is 10.0. The van der Waals surface area contributed by atoms with Gasteiger partial charge in [-0.15, -0.1) is 5.10 Å². The number of nitriles is 1. The van der Waals surface area contributed by atoms with Crippen LogP contribution in [-0.4, -0.2) is 65.5 Å². The van der Waals surface area contributed by atoms with E-state index in [0.717, 1.165) is 6.20 Å². The molecule has 0 aromatic carbocycles. The second-order valence-corrected chi connectivity index (χ2v) is 8.89. The topological polar surface area (TPSA) is 117 Å². The van der Waals surface area contributed by atoms with E-state index in [1.165, 1.54) is 27.7 Å². The molecule has 0 amide bonds. The van der Waals surface area contributed by atoms with Crippen LogP contribution >= 0.6 is 11.6 Å². The first-order chi connectivity index (χ1) is 17.4. The minimum absolute atomic E-state index is 0.216. The molecule has 3 atom stereocenters. The van der Waals surface area contributed by atoms with E-state index in [9.17, 15) is 13.9 Å². The highest BCUT2D eigenvalue weighted by Gasteiger charge is 2.31. The number of fused-ring (bicyclic) bond motifs is 1. The number of ether oxygens (including phenoxy) is 1. The lowest BCUT2D eigenvalue weighted by Gasteiger charge is -2.33. The van der Waals surface area contributed by atoms with Crippen LogP contribution in [0.25, 0.3) is 16.8 Å². The minimum Gasteiger partial charge on any atom is -0.479 e. The molecular formula is C23H21ClF2N8O2. The summed E-state index contributed by atoms with van der Waals surface area (Å²) >= 11 is 6.34. The van der Waals surface area contributed by atoms with E-state index in [4.69, 9.17) is 21.6 Å². The fourth-order valence-corrected chi connectivity index (χ4v) is 4.61. The zero-order valence-electron chi connectivity index (χ0n) is 19.1. The molecule has 0 radical (unpaired) electrons. The molecule has 1 saturated heterocycles. The van der Waals surface area contributed by atoms with Crippen molar-refractivity contribution < 1.29 is 18.6 Å². The zero-order chi connectivity index (χ0) is 25.4. The van der Waals surface area contributed by atoms with E-state index < -0.39 is 24.7 Å². The fraction of sp³-hybridized carbons (Fsp3) is 0.348. The van der Waals surface area contributed by atoms with Crippen molar-refractivity contribution in [2.45, 2.75) is 31.6 Å². The summed E-state index contributed by atoms with van der Waals surface area (Å²) in [6.45, 7) is 1.64. The fourth-order valence-electron chi connectivity index (χ4n) is 4.39. The first kappa shape index (κ1) is 23.9. The van der Waals surface area contributed by atoms with Gasteiger partial charge in [0.25, 0.3) is 0 Å². The molecule has 4 aromatic rings. The molecule has 0 aliphatic carbocycles. The number of nitrogens with zero attached hydrogens (tertiary/aromatic N) is 8. The second kappa shape index (κ2) is 9.67. The third-order valence-corrected chi connectivity index (χ3v) is 6.50. The van der Waals surface area contributed by atoms with Crippen LogP contribution in [0.15, 0.2) is 36.8 Å². The van der Waals surface area contributed by atoms with Crippen molar-refractivity contribution in [1.82, 2.24) is 34.5 Å². The van der Waals surface area contributed by atoms with Crippen LogP contribution in [0.5, 0.6) is 5.75 Å². The van der Waals surface area contributed by atoms with Gasteiger partial charge in [-0.25, -0.2) is 18.0 Å². The van der Waals surface area contributed by atoms with Crippen molar-refractivity contribution >= 4 is 17.1 Å². The van der Waals surface area contributed by atoms with Gasteiger partial charge in [-0.2, -0.15) is 10.4 Å². The Morgan fingerprint density at radius 3 is 2.89 bits per heavy atom. The minimum atomic E-state index is -1.10. The van der Waals surface area contributed by atoms with E-state index in [1.54, 1.807) is 16.9 Å². The maximum absolute atomic E-state index is 14.0. The van der Waals surface area contributed by atoms with Gasteiger partial charge in [-0.05, 0) is 31.5 Å². The van der Waals surface area contributed by atoms with Crippen molar-refractivity contribution in [2.75, 3.05) is 19.8 Å². The van der Waals surface area contributed by atoms with Crippen LogP contribution in [0.4, 0.5) is 8.78 Å². The number of hydrogen-bond donors (Lipinski definition) is 1. The first-order valence-corrected chi connectivity index (χ1v) is 11.5. The molecule has 0 bridgehead atoms. The van der Waals surface area contributed by atoms with Crippen LogP contribution in [0.1, 0.15) is 30.0 Å². The Balaban J connectivity index is 1.52. The van der Waals surface area contributed by atoms with E-state index >= 15 is 0 Å². The highest BCUT2D eigenvalue weighted by atomic mass is 35.5. The summed E-state index contributed by atoms with van der Waals surface area (Å²) in [4.78, 5) is 5.44. The SMILES string of the molecule is Cc1c(-c2cc(O[C@H](CF)c3ccc(F)cn3)c3c(Cl)cnn3c2)nnn1[C@H]1CCN(C#N)C[C@@H]1O. The van der Waals surface area contributed by atoms with E-state index in [-0.39, 0.29) is 24.0 Å². The molecule has 13 heteroatoms. The van der Waals surface area contributed by atoms with Gasteiger partial charge in [0.05, 0.1) is 47.5 Å². The highest BCUT2D eigenvalue weighted by molar-refractivity contribution is 6.34. The number of piperidine rings is 1. The van der Waals surface area contributed by atoms with Gasteiger partial charge < -0.3 is 14.7 Å². The van der Waals surface area contributed by atoms with Gasteiger partial charge in [0.1, 0.15) is 29.5 Å². The number of β-amino-alcohol motifs (C(OH)–C–C–N with tert-alkyl or cyclic N) is 1. The quantitative estimate of drug-likeness (QED) is 0.390. The molecule has 10 nitrogen and oxygen atoms in total. The summed E-state index contributed by atoms with van der Waals surface area (Å²) in [6.07, 6.45) is 4.83. The molecule has 1 N–H and O–H groups in total. The number of pyridine rings is 2.